The van der Waals surface area contributed by atoms with Gasteiger partial charge in [-0.2, -0.15) is 0 Å². The van der Waals surface area contributed by atoms with Crippen LogP contribution in [0.5, 0.6) is 0 Å². The van der Waals surface area contributed by atoms with Gasteiger partial charge in [0.15, 0.2) is 0 Å². The minimum atomic E-state index is -0.918. The first kappa shape index (κ1) is 14.7. The number of rotatable bonds is 6. The first-order chi connectivity index (χ1) is 8.61. The van der Waals surface area contributed by atoms with E-state index >= 15 is 0 Å². The fourth-order valence-corrected chi connectivity index (χ4v) is 2.32. The molecule has 0 aromatic carbocycles. The summed E-state index contributed by atoms with van der Waals surface area (Å²) in [5.41, 5.74) is 0. The molecule has 0 radical (unpaired) electrons. The minimum absolute atomic E-state index is 0.0912. The average Bonchev–Trinajstić information content (AvgIpc) is 2.37. The molecule has 0 aromatic heterocycles. The maximum absolute atomic E-state index is 12.3. The van der Waals surface area contributed by atoms with Crippen molar-refractivity contribution >= 4 is 11.9 Å². The Kier molecular flexibility index (Phi) is 5.85. The van der Waals surface area contributed by atoms with Gasteiger partial charge in [-0.1, -0.05) is 19.1 Å². The number of aliphatic carboxylic acids is 1. The molecule has 102 valence electrons. The van der Waals surface area contributed by atoms with Crippen LogP contribution in [0.1, 0.15) is 26.2 Å². The number of hydrogen-bond acceptors (Lipinski definition) is 3. The topological polar surface area (TPSA) is 77.8 Å². The van der Waals surface area contributed by atoms with Gasteiger partial charge in [-0.25, -0.2) is 0 Å². The summed E-state index contributed by atoms with van der Waals surface area (Å²) in [6.07, 6.45) is 5.36. The molecule has 1 aliphatic rings. The van der Waals surface area contributed by atoms with Crippen molar-refractivity contribution in [1.29, 1.82) is 0 Å². The molecule has 5 nitrogen and oxygen atoms in total. The van der Waals surface area contributed by atoms with E-state index < -0.39 is 17.8 Å². The number of hydrogen-bond donors (Lipinski definition) is 2. The number of allylic oxidation sites excluding steroid dienone is 2. The normalized spacial score (nSPS) is 22.8. The molecule has 0 unspecified atom stereocenters. The molecule has 0 saturated carbocycles. The Hall–Kier alpha value is -1.36. The second kappa shape index (κ2) is 7.16. The van der Waals surface area contributed by atoms with Crippen LogP contribution in [0.2, 0.25) is 0 Å². The summed E-state index contributed by atoms with van der Waals surface area (Å²) in [5.74, 6) is -2.20. The molecule has 0 aromatic rings. The number of carboxylic acid groups (broad SMARTS) is 1. The van der Waals surface area contributed by atoms with Gasteiger partial charge in [0.2, 0.25) is 5.91 Å². The highest BCUT2D eigenvalue weighted by Crippen LogP contribution is 2.27. The number of nitrogens with zero attached hydrogens (tertiary/aromatic N) is 1. The maximum atomic E-state index is 12.3. The van der Waals surface area contributed by atoms with Gasteiger partial charge in [-0.05, 0) is 19.3 Å². The molecule has 0 bridgehead atoms. The molecule has 2 atom stereocenters. The zero-order valence-electron chi connectivity index (χ0n) is 10.7. The third kappa shape index (κ3) is 3.57. The largest absolute Gasteiger partial charge is 0.481 e. The van der Waals surface area contributed by atoms with Crippen LogP contribution in [-0.2, 0) is 9.59 Å². The van der Waals surface area contributed by atoms with Crippen LogP contribution < -0.4 is 0 Å². The molecule has 18 heavy (non-hydrogen) atoms. The molecular weight excluding hydrogens is 234 g/mol. The lowest BCUT2D eigenvalue weighted by Crippen LogP contribution is -2.43. The van der Waals surface area contributed by atoms with Crippen molar-refractivity contribution in [3.8, 4) is 0 Å². The van der Waals surface area contributed by atoms with E-state index in [1.54, 1.807) is 4.90 Å². The van der Waals surface area contributed by atoms with Crippen LogP contribution >= 0.6 is 0 Å². The fourth-order valence-electron chi connectivity index (χ4n) is 2.32. The van der Waals surface area contributed by atoms with Crippen molar-refractivity contribution in [2.75, 3.05) is 19.7 Å². The van der Waals surface area contributed by atoms with E-state index in [4.69, 9.17) is 10.2 Å². The second-order valence-corrected chi connectivity index (χ2v) is 4.54. The number of amides is 1. The van der Waals surface area contributed by atoms with Gasteiger partial charge in [0, 0.05) is 13.1 Å². The maximum Gasteiger partial charge on any atom is 0.307 e. The summed E-state index contributed by atoms with van der Waals surface area (Å²) in [5, 5.41) is 18.1. The van der Waals surface area contributed by atoms with Gasteiger partial charge in [-0.15, -0.1) is 0 Å². The summed E-state index contributed by atoms with van der Waals surface area (Å²) >= 11 is 0. The van der Waals surface area contributed by atoms with E-state index in [1.165, 1.54) is 0 Å². The number of carbonyl (C=O) groups is 2. The standard InChI is InChI=1S/C13H21NO4/c1-2-7-14(8-9-15)12(16)10-5-3-4-6-11(10)13(17)18/h3-4,10-11,15H,2,5-9H2,1H3,(H,17,18)/t10-,11+/m1/s1. The summed E-state index contributed by atoms with van der Waals surface area (Å²) in [7, 11) is 0. The van der Waals surface area contributed by atoms with E-state index in [0.717, 1.165) is 6.42 Å². The summed E-state index contributed by atoms with van der Waals surface area (Å²) < 4.78 is 0. The third-order valence-electron chi connectivity index (χ3n) is 3.24. The van der Waals surface area contributed by atoms with E-state index in [9.17, 15) is 9.59 Å². The van der Waals surface area contributed by atoms with Gasteiger partial charge >= 0.3 is 5.97 Å². The predicted molar refractivity (Wildman–Crippen MR) is 66.9 cm³/mol. The molecule has 1 amide bonds. The van der Waals surface area contributed by atoms with Crippen LogP contribution in [0.25, 0.3) is 0 Å². The SMILES string of the molecule is CCCN(CCO)C(=O)[C@@H]1CC=CC[C@@H]1C(=O)O. The monoisotopic (exact) mass is 255 g/mol. The van der Waals surface area contributed by atoms with E-state index in [1.807, 2.05) is 19.1 Å². The Morgan fingerprint density at radius 1 is 1.22 bits per heavy atom. The molecule has 1 aliphatic carbocycles. The summed E-state index contributed by atoms with van der Waals surface area (Å²) in [4.78, 5) is 25.0. The van der Waals surface area contributed by atoms with Crippen molar-refractivity contribution < 1.29 is 19.8 Å². The number of carboxylic acids is 1. The highest BCUT2D eigenvalue weighted by molar-refractivity contribution is 5.85. The highest BCUT2D eigenvalue weighted by atomic mass is 16.4. The van der Waals surface area contributed by atoms with Crippen molar-refractivity contribution in [2.45, 2.75) is 26.2 Å². The fraction of sp³-hybridized carbons (Fsp3) is 0.692. The van der Waals surface area contributed by atoms with Gasteiger partial charge < -0.3 is 15.1 Å². The Labute approximate surface area is 107 Å². The predicted octanol–water partition coefficient (Wildman–Crippen LogP) is 0.884. The van der Waals surface area contributed by atoms with Crippen molar-refractivity contribution in [3.05, 3.63) is 12.2 Å². The lowest BCUT2D eigenvalue weighted by molar-refractivity contribution is -0.150. The van der Waals surface area contributed by atoms with Crippen LogP contribution in [0, 0.1) is 11.8 Å². The molecule has 1 rings (SSSR count). The lowest BCUT2D eigenvalue weighted by Gasteiger charge is -2.30. The Morgan fingerprint density at radius 3 is 2.33 bits per heavy atom. The van der Waals surface area contributed by atoms with Gasteiger partial charge in [-0.3, -0.25) is 9.59 Å². The number of aliphatic hydroxyl groups is 1. The van der Waals surface area contributed by atoms with Crippen molar-refractivity contribution in [2.24, 2.45) is 11.8 Å². The van der Waals surface area contributed by atoms with Crippen LogP contribution in [-0.4, -0.2) is 46.7 Å². The smallest absolute Gasteiger partial charge is 0.307 e. The number of carbonyl (C=O) groups excluding carboxylic acids is 1. The molecule has 0 heterocycles. The molecule has 0 saturated heterocycles. The van der Waals surface area contributed by atoms with Crippen LogP contribution in [0.15, 0.2) is 12.2 Å². The van der Waals surface area contributed by atoms with E-state index in [-0.39, 0.29) is 19.1 Å². The van der Waals surface area contributed by atoms with Gasteiger partial charge in [0.1, 0.15) is 0 Å². The number of aliphatic hydroxyl groups excluding tert-OH is 1. The third-order valence-corrected chi connectivity index (χ3v) is 3.24. The quantitative estimate of drug-likeness (QED) is 0.691. The molecule has 2 N–H and O–H groups in total. The Bertz CT molecular complexity index is 321. The molecule has 0 aliphatic heterocycles. The molecule has 5 heteroatoms. The zero-order chi connectivity index (χ0) is 13.5. The van der Waals surface area contributed by atoms with Crippen molar-refractivity contribution in [3.63, 3.8) is 0 Å². The zero-order valence-corrected chi connectivity index (χ0v) is 10.7. The molecular formula is C13H21NO4. The first-order valence-electron chi connectivity index (χ1n) is 6.39. The first-order valence-corrected chi connectivity index (χ1v) is 6.39. The highest BCUT2D eigenvalue weighted by Gasteiger charge is 2.35. The Morgan fingerprint density at radius 2 is 1.83 bits per heavy atom. The Balaban J connectivity index is 2.78. The molecule has 0 spiro atoms. The van der Waals surface area contributed by atoms with E-state index in [0.29, 0.717) is 19.4 Å². The lowest BCUT2D eigenvalue weighted by atomic mass is 9.82. The van der Waals surface area contributed by atoms with E-state index in [2.05, 4.69) is 0 Å². The molecule has 0 fully saturated rings. The van der Waals surface area contributed by atoms with Gasteiger partial charge in [0.05, 0.1) is 18.4 Å². The average molecular weight is 255 g/mol. The van der Waals surface area contributed by atoms with Crippen molar-refractivity contribution in [1.82, 2.24) is 4.90 Å². The summed E-state index contributed by atoms with van der Waals surface area (Å²) in [6.45, 7) is 2.70. The van der Waals surface area contributed by atoms with Gasteiger partial charge in [0.25, 0.3) is 0 Å². The summed E-state index contributed by atoms with van der Waals surface area (Å²) in [6, 6.07) is 0. The van der Waals surface area contributed by atoms with Crippen LogP contribution in [0.4, 0.5) is 0 Å². The van der Waals surface area contributed by atoms with Crippen LogP contribution in [0.3, 0.4) is 0 Å². The second-order valence-electron chi connectivity index (χ2n) is 4.54. The minimum Gasteiger partial charge on any atom is -0.481 e.